The number of benzene rings is 2. The highest BCUT2D eigenvalue weighted by atomic mass is 16.5. The fraction of sp³-hybridized carbons (Fsp3) is 0.158. The number of nitrogens with one attached hydrogen (secondary N) is 1. The van der Waals surface area contributed by atoms with Crippen molar-refractivity contribution in [2.45, 2.75) is 12.5 Å². The maximum atomic E-state index is 12.6. The Hall–Kier alpha value is -3.48. The van der Waals surface area contributed by atoms with Gasteiger partial charge in [0.2, 0.25) is 0 Å². The zero-order chi connectivity index (χ0) is 18.4. The van der Waals surface area contributed by atoms with Crippen LogP contribution in [-0.4, -0.2) is 33.8 Å². The number of hydrogen-bond acceptors (Lipinski definition) is 5. The highest BCUT2D eigenvalue weighted by Crippen LogP contribution is 2.18. The summed E-state index contributed by atoms with van der Waals surface area (Å²) in [6.45, 7) is 0. The summed E-state index contributed by atoms with van der Waals surface area (Å²) in [6, 6.07) is 15.8. The summed E-state index contributed by atoms with van der Waals surface area (Å²) in [4.78, 5) is 28.2. The monoisotopic (exact) mass is 350 g/mol. The third-order valence-corrected chi connectivity index (χ3v) is 3.92. The first-order valence-electron chi connectivity index (χ1n) is 8.05. The van der Waals surface area contributed by atoms with Crippen LogP contribution in [-0.2, 0) is 9.53 Å². The van der Waals surface area contributed by atoms with E-state index in [-0.39, 0.29) is 18.3 Å². The number of amides is 1. The van der Waals surface area contributed by atoms with E-state index in [1.807, 2.05) is 30.3 Å². The molecule has 0 fully saturated rings. The van der Waals surface area contributed by atoms with Crippen LogP contribution >= 0.6 is 0 Å². The average molecular weight is 350 g/mol. The number of aromatic nitrogens is 3. The third-order valence-electron chi connectivity index (χ3n) is 3.92. The van der Waals surface area contributed by atoms with Gasteiger partial charge in [-0.2, -0.15) is 5.10 Å². The molecule has 3 rings (SSSR count). The molecule has 0 unspecified atom stereocenters. The quantitative estimate of drug-likeness (QED) is 0.690. The maximum absolute atomic E-state index is 12.6. The minimum Gasteiger partial charge on any atom is -0.469 e. The summed E-state index contributed by atoms with van der Waals surface area (Å²) in [6.07, 6.45) is 3.08. The van der Waals surface area contributed by atoms with Gasteiger partial charge in [0.25, 0.3) is 5.91 Å². The Bertz CT molecular complexity index is 862. The molecule has 1 amide bonds. The van der Waals surface area contributed by atoms with E-state index in [4.69, 9.17) is 4.74 Å². The molecule has 2 aromatic carbocycles. The largest absolute Gasteiger partial charge is 0.469 e. The van der Waals surface area contributed by atoms with Crippen LogP contribution in [0.15, 0.2) is 67.3 Å². The molecule has 1 aromatic heterocycles. The van der Waals surface area contributed by atoms with Crippen LogP contribution < -0.4 is 5.32 Å². The summed E-state index contributed by atoms with van der Waals surface area (Å²) < 4.78 is 6.34. The zero-order valence-corrected chi connectivity index (χ0v) is 14.2. The molecule has 1 heterocycles. The standard InChI is InChI=1S/C19H18N4O3/c1-26-18(24)11-17(14-5-3-2-4-6-14)22-19(25)15-7-9-16(10-8-15)23-13-20-12-21-23/h2-10,12-13,17H,11H2,1H3,(H,22,25)/t17-/m1/s1. The van der Waals surface area contributed by atoms with Crippen molar-refractivity contribution in [1.82, 2.24) is 20.1 Å². The van der Waals surface area contributed by atoms with Crippen LogP contribution in [0.25, 0.3) is 5.69 Å². The Morgan fingerprint density at radius 2 is 1.85 bits per heavy atom. The molecule has 0 radical (unpaired) electrons. The number of rotatable bonds is 6. The molecule has 0 saturated carbocycles. The normalized spacial score (nSPS) is 11.6. The number of carbonyl (C=O) groups excluding carboxylic acids is 2. The van der Waals surface area contributed by atoms with Crippen LogP contribution in [0.1, 0.15) is 28.4 Å². The highest BCUT2D eigenvalue weighted by Gasteiger charge is 2.19. The van der Waals surface area contributed by atoms with Crippen molar-refractivity contribution in [3.05, 3.63) is 78.4 Å². The summed E-state index contributed by atoms with van der Waals surface area (Å²) in [5.41, 5.74) is 2.12. The summed E-state index contributed by atoms with van der Waals surface area (Å²) in [5.74, 6) is -0.659. The van der Waals surface area contributed by atoms with Crippen LogP contribution in [0.2, 0.25) is 0 Å². The molecular formula is C19H18N4O3. The Morgan fingerprint density at radius 3 is 2.46 bits per heavy atom. The van der Waals surface area contributed by atoms with Gasteiger partial charge in [0.15, 0.2) is 0 Å². The van der Waals surface area contributed by atoms with Gasteiger partial charge < -0.3 is 10.1 Å². The second-order valence-electron chi connectivity index (χ2n) is 5.60. The first-order chi connectivity index (χ1) is 12.7. The predicted molar refractivity (Wildman–Crippen MR) is 94.6 cm³/mol. The lowest BCUT2D eigenvalue weighted by Crippen LogP contribution is -2.30. The molecule has 1 atom stereocenters. The molecule has 0 aliphatic carbocycles. The minimum atomic E-state index is -0.467. The highest BCUT2D eigenvalue weighted by molar-refractivity contribution is 5.94. The Kier molecular flexibility index (Phi) is 5.38. The molecular weight excluding hydrogens is 332 g/mol. The van der Waals surface area contributed by atoms with Gasteiger partial charge >= 0.3 is 5.97 Å². The van der Waals surface area contributed by atoms with Gasteiger partial charge in [-0.05, 0) is 29.8 Å². The number of ether oxygens (including phenoxy) is 1. The van der Waals surface area contributed by atoms with Gasteiger partial charge in [-0.1, -0.05) is 30.3 Å². The number of carbonyl (C=O) groups is 2. The first-order valence-corrected chi connectivity index (χ1v) is 8.05. The van der Waals surface area contributed by atoms with Gasteiger partial charge in [0.05, 0.1) is 25.3 Å². The lowest BCUT2D eigenvalue weighted by Gasteiger charge is -2.18. The molecule has 0 bridgehead atoms. The SMILES string of the molecule is COC(=O)C[C@@H](NC(=O)c1ccc(-n2cncn2)cc1)c1ccccc1. The van der Waals surface area contributed by atoms with Gasteiger partial charge in [0.1, 0.15) is 12.7 Å². The van der Waals surface area contributed by atoms with Crippen molar-refractivity contribution in [3.63, 3.8) is 0 Å². The van der Waals surface area contributed by atoms with E-state index in [1.54, 1.807) is 35.3 Å². The molecule has 0 aliphatic heterocycles. The van der Waals surface area contributed by atoms with Crippen molar-refractivity contribution in [2.75, 3.05) is 7.11 Å². The van der Waals surface area contributed by atoms with E-state index in [9.17, 15) is 9.59 Å². The predicted octanol–water partition coefficient (Wildman–Crippen LogP) is 2.30. The van der Waals surface area contributed by atoms with Crippen molar-refractivity contribution >= 4 is 11.9 Å². The second-order valence-corrected chi connectivity index (χ2v) is 5.60. The summed E-state index contributed by atoms with van der Waals surface area (Å²) >= 11 is 0. The van der Waals surface area contributed by atoms with E-state index < -0.39 is 6.04 Å². The second kappa shape index (κ2) is 8.06. The fourth-order valence-electron chi connectivity index (χ4n) is 2.54. The molecule has 3 aromatic rings. The Labute approximate surface area is 150 Å². The lowest BCUT2D eigenvalue weighted by atomic mass is 10.0. The van der Waals surface area contributed by atoms with Crippen molar-refractivity contribution in [3.8, 4) is 5.69 Å². The van der Waals surface area contributed by atoms with Gasteiger partial charge in [0, 0.05) is 5.56 Å². The number of nitrogens with zero attached hydrogens (tertiary/aromatic N) is 3. The van der Waals surface area contributed by atoms with Gasteiger partial charge in [-0.3, -0.25) is 9.59 Å². The van der Waals surface area contributed by atoms with Crippen LogP contribution in [0.3, 0.4) is 0 Å². The smallest absolute Gasteiger partial charge is 0.307 e. The van der Waals surface area contributed by atoms with E-state index in [0.29, 0.717) is 5.56 Å². The maximum Gasteiger partial charge on any atom is 0.307 e. The van der Waals surface area contributed by atoms with Crippen molar-refractivity contribution in [2.24, 2.45) is 0 Å². The van der Waals surface area contributed by atoms with Gasteiger partial charge in [-0.15, -0.1) is 0 Å². The molecule has 7 nitrogen and oxygen atoms in total. The van der Waals surface area contributed by atoms with Crippen LogP contribution in [0.4, 0.5) is 0 Å². The van der Waals surface area contributed by atoms with Gasteiger partial charge in [-0.25, -0.2) is 9.67 Å². The van der Waals surface area contributed by atoms with E-state index >= 15 is 0 Å². The van der Waals surface area contributed by atoms with Crippen LogP contribution in [0, 0.1) is 0 Å². The molecule has 0 saturated heterocycles. The van der Waals surface area contributed by atoms with E-state index in [2.05, 4.69) is 15.4 Å². The van der Waals surface area contributed by atoms with E-state index in [1.165, 1.54) is 13.4 Å². The number of hydrogen-bond donors (Lipinski definition) is 1. The van der Waals surface area contributed by atoms with E-state index in [0.717, 1.165) is 11.3 Å². The van der Waals surface area contributed by atoms with Crippen molar-refractivity contribution < 1.29 is 14.3 Å². The Balaban J connectivity index is 1.75. The topological polar surface area (TPSA) is 86.1 Å². The summed E-state index contributed by atoms with van der Waals surface area (Å²) in [5, 5.41) is 6.94. The molecule has 132 valence electrons. The number of methoxy groups -OCH3 is 1. The number of esters is 1. The third kappa shape index (κ3) is 4.13. The average Bonchev–Trinajstić information content (AvgIpc) is 3.23. The molecule has 0 aliphatic rings. The molecule has 7 heteroatoms. The fourth-order valence-corrected chi connectivity index (χ4v) is 2.54. The minimum absolute atomic E-state index is 0.0588. The summed E-state index contributed by atoms with van der Waals surface area (Å²) in [7, 11) is 1.33. The molecule has 26 heavy (non-hydrogen) atoms. The molecule has 0 spiro atoms. The zero-order valence-electron chi connectivity index (χ0n) is 14.2. The lowest BCUT2D eigenvalue weighted by molar-refractivity contribution is -0.141. The Morgan fingerprint density at radius 1 is 1.12 bits per heavy atom. The molecule has 1 N–H and O–H groups in total. The first kappa shape index (κ1) is 17.3. The van der Waals surface area contributed by atoms with Crippen LogP contribution in [0.5, 0.6) is 0 Å². The van der Waals surface area contributed by atoms with Crippen molar-refractivity contribution in [1.29, 1.82) is 0 Å².